The third kappa shape index (κ3) is 1.78. The van der Waals surface area contributed by atoms with E-state index in [2.05, 4.69) is 18.0 Å². The van der Waals surface area contributed by atoms with Gasteiger partial charge < -0.3 is 15.5 Å². The fourth-order valence-corrected chi connectivity index (χ4v) is 2.15. The minimum absolute atomic E-state index is 0.732. The molecule has 0 saturated carbocycles. The number of para-hydroxylation sites is 1. The van der Waals surface area contributed by atoms with E-state index in [1.165, 1.54) is 16.6 Å². The van der Waals surface area contributed by atoms with Crippen molar-refractivity contribution in [1.29, 1.82) is 0 Å². The Morgan fingerprint density at radius 3 is 2.88 bits per heavy atom. The molecule has 2 rings (SSSR count). The SMILES string of the molecule is COc1cccc2c(CCCN)c(C)[nH]c12. The van der Waals surface area contributed by atoms with Crippen LogP contribution in [0.5, 0.6) is 5.75 Å². The molecule has 0 aliphatic heterocycles. The Bertz CT molecular complexity index is 488. The highest BCUT2D eigenvalue weighted by Gasteiger charge is 2.10. The molecule has 0 unspecified atom stereocenters. The number of ether oxygens (including phenoxy) is 1. The number of aromatic amines is 1. The lowest BCUT2D eigenvalue weighted by molar-refractivity contribution is 0.419. The fraction of sp³-hybridized carbons (Fsp3) is 0.385. The lowest BCUT2D eigenvalue weighted by atomic mass is 10.1. The molecule has 0 bridgehead atoms. The number of methoxy groups -OCH3 is 1. The molecule has 0 atom stereocenters. The van der Waals surface area contributed by atoms with E-state index in [9.17, 15) is 0 Å². The first kappa shape index (κ1) is 11.0. The number of H-pyrrole nitrogens is 1. The van der Waals surface area contributed by atoms with E-state index in [0.29, 0.717) is 0 Å². The second-order valence-electron chi connectivity index (χ2n) is 4.00. The van der Waals surface area contributed by atoms with Crippen LogP contribution < -0.4 is 10.5 Å². The molecule has 0 amide bonds. The molecule has 3 nitrogen and oxygen atoms in total. The number of aromatic nitrogens is 1. The van der Waals surface area contributed by atoms with E-state index >= 15 is 0 Å². The van der Waals surface area contributed by atoms with E-state index in [1.807, 2.05) is 12.1 Å². The number of nitrogens with one attached hydrogen (secondary N) is 1. The number of aryl methyl sites for hydroxylation is 2. The number of fused-ring (bicyclic) bond motifs is 1. The van der Waals surface area contributed by atoms with E-state index in [0.717, 1.165) is 30.7 Å². The van der Waals surface area contributed by atoms with Gasteiger partial charge in [-0.05, 0) is 37.9 Å². The lowest BCUT2D eigenvalue weighted by Gasteiger charge is -2.02. The third-order valence-electron chi connectivity index (χ3n) is 2.97. The summed E-state index contributed by atoms with van der Waals surface area (Å²) in [6.45, 7) is 2.83. The van der Waals surface area contributed by atoms with Gasteiger partial charge in [-0.2, -0.15) is 0 Å². The summed E-state index contributed by atoms with van der Waals surface area (Å²) >= 11 is 0. The molecule has 86 valence electrons. The standard InChI is InChI=1S/C13H18N2O/c1-9-10(6-4-8-14)11-5-3-7-12(16-2)13(11)15-9/h3,5,7,15H,4,6,8,14H2,1-2H3. The summed E-state index contributed by atoms with van der Waals surface area (Å²) in [6, 6.07) is 6.14. The Hall–Kier alpha value is -1.48. The van der Waals surface area contributed by atoms with Gasteiger partial charge in [0, 0.05) is 11.1 Å². The van der Waals surface area contributed by atoms with E-state index in [1.54, 1.807) is 7.11 Å². The number of hydrogen-bond acceptors (Lipinski definition) is 2. The summed E-state index contributed by atoms with van der Waals surface area (Å²) < 4.78 is 5.34. The Kier molecular flexibility index (Phi) is 3.15. The Labute approximate surface area is 95.6 Å². The van der Waals surface area contributed by atoms with Gasteiger partial charge in [0.05, 0.1) is 12.6 Å². The van der Waals surface area contributed by atoms with Crippen LogP contribution in [-0.2, 0) is 6.42 Å². The monoisotopic (exact) mass is 218 g/mol. The van der Waals surface area contributed by atoms with Crippen molar-refractivity contribution in [3.8, 4) is 5.75 Å². The Balaban J connectivity index is 2.52. The van der Waals surface area contributed by atoms with Crippen molar-refractivity contribution < 1.29 is 4.74 Å². The van der Waals surface area contributed by atoms with Crippen LogP contribution in [0.25, 0.3) is 10.9 Å². The van der Waals surface area contributed by atoms with Crippen molar-refractivity contribution in [2.45, 2.75) is 19.8 Å². The fourth-order valence-electron chi connectivity index (χ4n) is 2.15. The van der Waals surface area contributed by atoms with Crippen molar-refractivity contribution in [2.75, 3.05) is 13.7 Å². The molecule has 2 aromatic rings. The second-order valence-corrected chi connectivity index (χ2v) is 4.00. The Morgan fingerprint density at radius 2 is 2.19 bits per heavy atom. The van der Waals surface area contributed by atoms with Crippen LogP contribution in [0.1, 0.15) is 17.7 Å². The number of hydrogen-bond donors (Lipinski definition) is 2. The molecule has 1 heterocycles. The predicted octanol–water partition coefficient (Wildman–Crippen LogP) is 2.38. The highest BCUT2D eigenvalue weighted by atomic mass is 16.5. The number of rotatable bonds is 4. The lowest BCUT2D eigenvalue weighted by Crippen LogP contribution is -2.00. The van der Waals surface area contributed by atoms with Crippen LogP contribution in [-0.4, -0.2) is 18.6 Å². The van der Waals surface area contributed by atoms with Gasteiger partial charge in [0.2, 0.25) is 0 Å². The Morgan fingerprint density at radius 1 is 1.38 bits per heavy atom. The molecule has 0 aliphatic carbocycles. The summed E-state index contributed by atoms with van der Waals surface area (Å²) in [5, 5.41) is 1.25. The van der Waals surface area contributed by atoms with Gasteiger partial charge in [0.25, 0.3) is 0 Å². The highest BCUT2D eigenvalue weighted by molar-refractivity contribution is 5.89. The molecule has 0 fully saturated rings. The van der Waals surface area contributed by atoms with Crippen molar-refractivity contribution in [2.24, 2.45) is 5.73 Å². The van der Waals surface area contributed by atoms with Gasteiger partial charge in [-0.3, -0.25) is 0 Å². The van der Waals surface area contributed by atoms with E-state index < -0.39 is 0 Å². The summed E-state index contributed by atoms with van der Waals surface area (Å²) in [7, 11) is 1.70. The maximum atomic E-state index is 5.56. The van der Waals surface area contributed by atoms with Crippen molar-refractivity contribution in [3.63, 3.8) is 0 Å². The summed E-state index contributed by atoms with van der Waals surface area (Å²) in [5.74, 6) is 0.902. The first-order valence-corrected chi connectivity index (χ1v) is 5.62. The summed E-state index contributed by atoms with van der Waals surface area (Å²) in [5.41, 5.74) is 9.23. The molecule has 3 heteroatoms. The predicted molar refractivity (Wildman–Crippen MR) is 67.0 cm³/mol. The number of nitrogens with two attached hydrogens (primary N) is 1. The van der Waals surface area contributed by atoms with Crippen molar-refractivity contribution >= 4 is 10.9 Å². The van der Waals surface area contributed by atoms with Crippen LogP contribution in [0.3, 0.4) is 0 Å². The molecule has 1 aromatic heterocycles. The van der Waals surface area contributed by atoms with Gasteiger partial charge in [-0.25, -0.2) is 0 Å². The summed E-state index contributed by atoms with van der Waals surface area (Å²) in [4.78, 5) is 3.39. The van der Waals surface area contributed by atoms with Crippen molar-refractivity contribution in [1.82, 2.24) is 4.98 Å². The molecule has 1 aromatic carbocycles. The summed E-state index contributed by atoms with van der Waals surface area (Å²) in [6.07, 6.45) is 2.04. The topological polar surface area (TPSA) is 51.0 Å². The van der Waals surface area contributed by atoms with Crippen LogP contribution in [0.15, 0.2) is 18.2 Å². The molecule has 16 heavy (non-hydrogen) atoms. The van der Waals surface area contributed by atoms with Crippen molar-refractivity contribution in [3.05, 3.63) is 29.5 Å². The quantitative estimate of drug-likeness (QED) is 0.827. The zero-order chi connectivity index (χ0) is 11.5. The maximum absolute atomic E-state index is 5.56. The van der Waals surface area contributed by atoms with E-state index in [4.69, 9.17) is 10.5 Å². The zero-order valence-electron chi connectivity index (χ0n) is 9.84. The zero-order valence-corrected chi connectivity index (χ0v) is 9.84. The maximum Gasteiger partial charge on any atom is 0.142 e. The second kappa shape index (κ2) is 4.58. The minimum atomic E-state index is 0.732. The van der Waals surface area contributed by atoms with Gasteiger partial charge in [0.1, 0.15) is 5.75 Å². The first-order chi connectivity index (χ1) is 7.77. The van der Waals surface area contributed by atoms with E-state index in [-0.39, 0.29) is 0 Å². The van der Waals surface area contributed by atoms with Gasteiger partial charge in [0.15, 0.2) is 0 Å². The van der Waals surface area contributed by atoms with Crippen LogP contribution in [0.2, 0.25) is 0 Å². The molecule has 0 saturated heterocycles. The average Bonchev–Trinajstić information content (AvgIpc) is 2.62. The minimum Gasteiger partial charge on any atom is -0.495 e. The van der Waals surface area contributed by atoms with Crippen LogP contribution in [0, 0.1) is 6.92 Å². The smallest absolute Gasteiger partial charge is 0.142 e. The normalized spacial score (nSPS) is 10.9. The van der Waals surface area contributed by atoms with Crippen LogP contribution >= 0.6 is 0 Å². The average molecular weight is 218 g/mol. The largest absolute Gasteiger partial charge is 0.495 e. The number of benzene rings is 1. The van der Waals surface area contributed by atoms with Gasteiger partial charge >= 0.3 is 0 Å². The third-order valence-corrected chi connectivity index (χ3v) is 2.97. The molecule has 3 N–H and O–H groups in total. The van der Waals surface area contributed by atoms with Gasteiger partial charge in [-0.15, -0.1) is 0 Å². The molecule has 0 spiro atoms. The highest BCUT2D eigenvalue weighted by Crippen LogP contribution is 2.29. The first-order valence-electron chi connectivity index (χ1n) is 5.62. The van der Waals surface area contributed by atoms with Gasteiger partial charge in [-0.1, -0.05) is 12.1 Å². The molecular formula is C13H18N2O. The van der Waals surface area contributed by atoms with Crippen LogP contribution in [0.4, 0.5) is 0 Å². The molecular weight excluding hydrogens is 200 g/mol. The molecule has 0 radical (unpaired) electrons. The molecule has 0 aliphatic rings.